The first-order valence-corrected chi connectivity index (χ1v) is 7.14. The highest BCUT2D eigenvalue weighted by Crippen LogP contribution is 2.16. The normalized spacial score (nSPS) is 17.4. The molecule has 2 N–H and O–H groups in total. The second-order valence-corrected chi connectivity index (χ2v) is 5.46. The molecule has 1 heterocycles. The summed E-state index contributed by atoms with van der Waals surface area (Å²) in [6, 6.07) is 6.65. The molecule has 7 heteroatoms. The Hall–Kier alpha value is -1.64. The van der Waals surface area contributed by atoms with Crippen LogP contribution < -0.4 is 10.6 Å². The molecule has 1 fully saturated rings. The van der Waals surface area contributed by atoms with Gasteiger partial charge in [-0.2, -0.15) is 0 Å². The molecule has 1 aliphatic rings. The van der Waals surface area contributed by atoms with E-state index in [4.69, 9.17) is 4.74 Å². The molecule has 106 valence electrons. The van der Waals surface area contributed by atoms with Crippen LogP contribution in [-0.2, 0) is 19.1 Å². The summed E-state index contributed by atoms with van der Waals surface area (Å²) in [6.07, 6.45) is 0.726. The largest absolute Gasteiger partial charge is 0.454 e. The topological polar surface area (TPSA) is 84.5 Å². The van der Waals surface area contributed by atoms with E-state index in [0.29, 0.717) is 18.5 Å². The fourth-order valence-corrected chi connectivity index (χ4v) is 2.30. The summed E-state index contributed by atoms with van der Waals surface area (Å²) in [4.78, 5) is 34.2. The number of ether oxygens (including phenoxy) is 1. The van der Waals surface area contributed by atoms with Gasteiger partial charge in [0, 0.05) is 9.99 Å². The van der Waals surface area contributed by atoms with Crippen molar-refractivity contribution in [2.45, 2.75) is 18.9 Å². The van der Waals surface area contributed by atoms with Crippen molar-refractivity contribution in [2.24, 2.45) is 0 Å². The van der Waals surface area contributed by atoms with Crippen LogP contribution in [0.5, 0.6) is 0 Å². The van der Waals surface area contributed by atoms with Gasteiger partial charge in [0.25, 0.3) is 5.91 Å². The maximum Gasteiger partial charge on any atom is 0.329 e. The first kappa shape index (κ1) is 14.8. The van der Waals surface area contributed by atoms with E-state index < -0.39 is 17.9 Å². The molecular formula is C13H13IN2O4. The molecule has 1 aromatic carbocycles. The van der Waals surface area contributed by atoms with Crippen molar-refractivity contribution in [3.63, 3.8) is 0 Å². The minimum atomic E-state index is -0.632. The molecule has 0 bridgehead atoms. The zero-order chi connectivity index (χ0) is 14.5. The molecule has 0 saturated carbocycles. The monoisotopic (exact) mass is 388 g/mol. The molecule has 1 aliphatic heterocycles. The standard InChI is InChI=1S/C13H13IN2O4/c14-8-3-1-2-4-9(8)15-12(18)7-20-13(19)10-5-6-11(17)16-10/h1-4,10H,5-7H2,(H,15,18)(H,16,17)/t10-/m0/s1. The van der Waals surface area contributed by atoms with E-state index in [0.717, 1.165) is 3.57 Å². The van der Waals surface area contributed by atoms with Crippen LogP contribution >= 0.6 is 22.6 Å². The smallest absolute Gasteiger partial charge is 0.329 e. The van der Waals surface area contributed by atoms with Gasteiger partial charge in [-0.15, -0.1) is 0 Å². The van der Waals surface area contributed by atoms with Crippen LogP contribution in [0.15, 0.2) is 24.3 Å². The summed E-state index contributed by atoms with van der Waals surface area (Å²) < 4.78 is 5.78. The second-order valence-electron chi connectivity index (χ2n) is 4.29. The van der Waals surface area contributed by atoms with Gasteiger partial charge in [0.1, 0.15) is 6.04 Å². The predicted molar refractivity (Wildman–Crippen MR) is 79.9 cm³/mol. The highest BCUT2D eigenvalue weighted by Gasteiger charge is 2.28. The highest BCUT2D eigenvalue weighted by molar-refractivity contribution is 14.1. The van der Waals surface area contributed by atoms with Crippen molar-refractivity contribution in [3.05, 3.63) is 27.8 Å². The number of para-hydroxylation sites is 1. The summed E-state index contributed by atoms with van der Waals surface area (Å²) in [6.45, 7) is -0.365. The van der Waals surface area contributed by atoms with Crippen LogP contribution in [0, 0.1) is 3.57 Å². The molecule has 2 amide bonds. The lowest BCUT2D eigenvalue weighted by Crippen LogP contribution is -2.36. The molecule has 1 atom stereocenters. The Morgan fingerprint density at radius 3 is 2.80 bits per heavy atom. The zero-order valence-corrected chi connectivity index (χ0v) is 12.7. The Balaban J connectivity index is 1.79. The van der Waals surface area contributed by atoms with Crippen molar-refractivity contribution in [1.29, 1.82) is 0 Å². The molecule has 0 radical (unpaired) electrons. The Labute approximate surface area is 129 Å². The number of hydrogen-bond acceptors (Lipinski definition) is 4. The number of amides is 2. The third-order valence-electron chi connectivity index (χ3n) is 2.77. The summed E-state index contributed by atoms with van der Waals surface area (Å²) in [5.41, 5.74) is 0.670. The van der Waals surface area contributed by atoms with Gasteiger partial charge in [0.05, 0.1) is 5.69 Å². The number of carbonyl (C=O) groups is 3. The van der Waals surface area contributed by atoms with Crippen molar-refractivity contribution in [1.82, 2.24) is 5.32 Å². The van der Waals surface area contributed by atoms with E-state index in [2.05, 4.69) is 33.2 Å². The minimum absolute atomic E-state index is 0.171. The summed E-state index contributed by atoms with van der Waals surface area (Å²) >= 11 is 2.10. The number of hydrogen-bond donors (Lipinski definition) is 2. The number of rotatable bonds is 4. The molecule has 1 saturated heterocycles. The van der Waals surface area contributed by atoms with Crippen LogP contribution in [0.3, 0.4) is 0 Å². The number of esters is 1. The van der Waals surface area contributed by atoms with E-state index in [1.54, 1.807) is 12.1 Å². The molecule has 20 heavy (non-hydrogen) atoms. The van der Waals surface area contributed by atoms with E-state index in [9.17, 15) is 14.4 Å². The number of anilines is 1. The molecule has 0 aromatic heterocycles. The number of halogens is 1. The van der Waals surface area contributed by atoms with E-state index >= 15 is 0 Å². The van der Waals surface area contributed by atoms with Crippen LogP contribution in [0.2, 0.25) is 0 Å². The minimum Gasteiger partial charge on any atom is -0.454 e. The molecule has 0 aliphatic carbocycles. The Morgan fingerprint density at radius 2 is 2.15 bits per heavy atom. The van der Waals surface area contributed by atoms with Gasteiger partial charge in [-0.05, 0) is 41.1 Å². The van der Waals surface area contributed by atoms with Crippen LogP contribution in [0.1, 0.15) is 12.8 Å². The molecule has 1 aromatic rings. The van der Waals surface area contributed by atoms with Gasteiger partial charge in [-0.3, -0.25) is 9.59 Å². The zero-order valence-electron chi connectivity index (χ0n) is 10.5. The number of benzene rings is 1. The van der Waals surface area contributed by atoms with Crippen LogP contribution in [0.25, 0.3) is 0 Å². The van der Waals surface area contributed by atoms with Crippen LogP contribution in [0.4, 0.5) is 5.69 Å². The fraction of sp³-hybridized carbons (Fsp3) is 0.308. The molecule has 0 unspecified atom stereocenters. The van der Waals surface area contributed by atoms with Gasteiger partial charge in [0.15, 0.2) is 6.61 Å². The third-order valence-corrected chi connectivity index (χ3v) is 3.71. The Bertz CT molecular complexity index is 547. The van der Waals surface area contributed by atoms with Crippen molar-refractivity contribution in [2.75, 3.05) is 11.9 Å². The average molecular weight is 388 g/mol. The van der Waals surface area contributed by atoms with Crippen LogP contribution in [-0.4, -0.2) is 30.4 Å². The van der Waals surface area contributed by atoms with Gasteiger partial charge in [0.2, 0.25) is 5.91 Å². The van der Waals surface area contributed by atoms with Gasteiger partial charge in [-0.25, -0.2) is 4.79 Å². The quantitative estimate of drug-likeness (QED) is 0.597. The molecule has 2 rings (SSSR count). The Morgan fingerprint density at radius 1 is 1.40 bits per heavy atom. The maximum absolute atomic E-state index is 11.7. The lowest BCUT2D eigenvalue weighted by atomic mass is 10.2. The fourth-order valence-electron chi connectivity index (χ4n) is 1.78. The maximum atomic E-state index is 11.7. The average Bonchev–Trinajstić information content (AvgIpc) is 2.85. The second kappa shape index (κ2) is 6.69. The number of nitrogens with one attached hydrogen (secondary N) is 2. The van der Waals surface area contributed by atoms with Crippen molar-refractivity contribution >= 4 is 46.1 Å². The third kappa shape index (κ3) is 3.92. The molecule has 6 nitrogen and oxygen atoms in total. The first-order chi connectivity index (χ1) is 9.56. The Kier molecular flexibility index (Phi) is 4.94. The van der Waals surface area contributed by atoms with Crippen molar-refractivity contribution in [3.8, 4) is 0 Å². The van der Waals surface area contributed by atoms with Gasteiger partial charge in [-0.1, -0.05) is 12.1 Å². The lowest BCUT2D eigenvalue weighted by molar-refractivity contribution is -0.149. The van der Waals surface area contributed by atoms with E-state index in [-0.39, 0.29) is 12.5 Å². The predicted octanol–water partition coefficient (Wildman–Crippen LogP) is 1.05. The van der Waals surface area contributed by atoms with E-state index in [1.165, 1.54) is 0 Å². The summed E-state index contributed by atoms with van der Waals surface area (Å²) in [7, 11) is 0. The summed E-state index contributed by atoms with van der Waals surface area (Å²) in [5.74, 6) is -1.16. The number of carbonyl (C=O) groups excluding carboxylic acids is 3. The summed E-state index contributed by atoms with van der Waals surface area (Å²) in [5, 5.41) is 5.14. The van der Waals surface area contributed by atoms with Gasteiger partial charge < -0.3 is 15.4 Å². The SMILES string of the molecule is O=C(COC(=O)[C@@H]1CCC(=O)N1)Nc1ccccc1I. The molecular weight excluding hydrogens is 375 g/mol. The first-order valence-electron chi connectivity index (χ1n) is 6.06. The van der Waals surface area contributed by atoms with E-state index in [1.807, 2.05) is 12.1 Å². The van der Waals surface area contributed by atoms with Gasteiger partial charge >= 0.3 is 5.97 Å². The lowest BCUT2D eigenvalue weighted by Gasteiger charge is -2.11. The molecule has 0 spiro atoms. The van der Waals surface area contributed by atoms with Crippen molar-refractivity contribution < 1.29 is 19.1 Å². The highest BCUT2D eigenvalue weighted by atomic mass is 127.